The molecule has 0 aliphatic heterocycles. The molecule has 3 heteroatoms. The molecular weight excluding hydrogens is 154 g/mol. The monoisotopic (exact) mass is 173 g/mol. The maximum absolute atomic E-state index is 9.19. The molecule has 1 fully saturated rings. The Bertz CT molecular complexity index is 143. The topological polar surface area (TPSA) is 52.5 Å². The molecule has 1 aliphatic rings. The Balaban J connectivity index is 2.17. The molecule has 0 bridgehead atoms. The van der Waals surface area contributed by atoms with Crippen molar-refractivity contribution in [2.24, 2.45) is 5.41 Å². The number of hydrogen-bond donors (Lipinski definition) is 3. The molecule has 0 radical (unpaired) electrons. The lowest BCUT2D eigenvalue weighted by Gasteiger charge is -2.20. The van der Waals surface area contributed by atoms with Gasteiger partial charge in [-0.2, -0.15) is 0 Å². The van der Waals surface area contributed by atoms with Crippen LogP contribution >= 0.6 is 0 Å². The lowest BCUT2D eigenvalue weighted by atomic mass is 10.1. The molecule has 0 aromatic carbocycles. The molecule has 1 rings (SSSR count). The van der Waals surface area contributed by atoms with Crippen molar-refractivity contribution >= 4 is 0 Å². The highest BCUT2D eigenvalue weighted by Crippen LogP contribution is 2.44. The zero-order valence-corrected chi connectivity index (χ0v) is 7.88. The number of aliphatic hydroxyl groups excluding tert-OH is 2. The first-order chi connectivity index (χ1) is 5.59. The van der Waals surface area contributed by atoms with Gasteiger partial charge in [0, 0.05) is 24.6 Å². The van der Waals surface area contributed by atoms with Crippen molar-refractivity contribution in [2.75, 3.05) is 13.2 Å². The normalized spacial score (nSPS) is 25.0. The Kier molecular flexibility index (Phi) is 3.09. The van der Waals surface area contributed by atoms with E-state index in [0.29, 0.717) is 0 Å². The minimum Gasteiger partial charge on any atom is -0.396 e. The molecule has 2 atom stereocenters. The summed E-state index contributed by atoms with van der Waals surface area (Å²) >= 11 is 0. The molecule has 0 saturated heterocycles. The molecule has 0 amide bonds. The van der Waals surface area contributed by atoms with Crippen molar-refractivity contribution in [1.82, 2.24) is 5.32 Å². The zero-order valence-electron chi connectivity index (χ0n) is 7.88. The summed E-state index contributed by atoms with van der Waals surface area (Å²) in [7, 11) is 0. The lowest BCUT2D eigenvalue weighted by Crippen LogP contribution is -2.39. The molecule has 0 heterocycles. The fourth-order valence-corrected chi connectivity index (χ4v) is 1.12. The Hall–Kier alpha value is -0.120. The summed E-state index contributed by atoms with van der Waals surface area (Å²) in [6, 6.07) is 0.119. The van der Waals surface area contributed by atoms with E-state index >= 15 is 0 Å². The maximum atomic E-state index is 9.19. The standard InChI is InChI=1S/C9H19NO2/c1-7(8(2)12)10-5-9(6-11)3-4-9/h7-8,10-12H,3-6H2,1-2H3. The quantitative estimate of drug-likeness (QED) is 0.553. The Morgan fingerprint density at radius 2 is 2.00 bits per heavy atom. The van der Waals surface area contributed by atoms with Gasteiger partial charge in [0.1, 0.15) is 0 Å². The first kappa shape index (κ1) is 9.96. The second-order valence-corrected chi connectivity index (χ2v) is 4.07. The van der Waals surface area contributed by atoms with Crippen LogP contribution in [0.2, 0.25) is 0 Å². The summed E-state index contributed by atoms with van der Waals surface area (Å²) in [6.07, 6.45) is 1.91. The third kappa shape index (κ3) is 2.44. The van der Waals surface area contributed by atoms with E-state index < -0.39 is 0 Å². The average molecular weight is 173 g/mol. The van der Waals surface area contributed by atoms with E-state index in [9.17, 15) is 5.11 Å². The van der Waals surface area contributed by atoms with E-state index in [2.05, 4.69) is 5.32 Å². The van der Waals surface area contributed by atoms with E-state index in [0.717, 1.165) is 19.4 Å². The van der Waals surface area contributed by atoms with Crippen LogP contribution in [0.3, 0.4) is 0 Å². The van der Waals surface area contributed by atoms with Crippen LogP contribution in [-0.4, -0.2) is 35.5 Å². The molecule has 72 valence electrons. The van der Waals surface area contributed by atoms with E-state index in [4.69, 9.17) is 5.11 Å². The molecule has 1 saturated carbocycles. The highest BCUT2D eigenvalue weighted by Gasteiger charge is 2.41. The second kappa shape index (κ2) is 3.73. The third-order valence-electron chi connectivity index (χ3n) is 2.82. The fraction of sp³-hybridized carbons (Fsp3) is 1.00. The predicted octanol–water partition coefficient (Wildman–Crippen LogP) is 0.118. The Morgan fingerprint density at radius 3 is 2.33 bits per heavy atom. The average Bonchev–Trinajstić information content (AvgIpc) is 2.81. The van der Waals surface area contributed by atoms with Crippen molar-refractivity contribution in [2.45, 2.75) is 38.8 Å². The highest BCUT2D eigenvalue weighted by molar-refractivity contribution is 4.94. The van der Waals surface area contributed by atoms with Crippen molar-refractivity contribution < 1.29 is 10.2 Å². The Labute approximate surface area is 73.8 Å². The van der Waals surface area contributed by atoms with Crippen LogP contribution in [0.4, 0.5) is 0 Å². The van der Waals surface area contributed by atoms with Crippen LogP contribution in [0, 0.1) is 5.41 Å². The molecule has 1 aliphatic carbocycles. The van der Waals surface area contributed by atoms with Crippen molar-refractivity contribution in [3.05, 3.63) is 0 Å². The summed E-state index contributed by atoms with van der Waals surface area (Å²) in [5, 5.41) is 21.4. The predicted molar refractivity (Wildman–Crippen MR) is 47.9 cm³/mol. The summed E-state index contributed by atoms with van der Waals surface area (Å²) in [5.74, 6) is 0. The minimum atomic E-state index is -0.320. The van der Waals surface area contributed by atoms with Gasteiger partial charge < -0.3 is 15.5 Å². The summed E-state index contributed by atoms with van der Waals surface area (Å²) in [4.78, 5) is 0. The largest absolute Gasteiger partial charge is 0.396 e. The Morgan fingerprint density at radius 1 is 1.42 bits per heavy atom. The molecule has 12 heavy (non-hydrogen) atoms. The minimum absolute atomic E-state index is 0.119. The molecular formula is C9H19NO2. The number of hydrogen-bond acceptors (Lipinski definition) is 3. The van der Waals surface area contributed by atoms with Crippen LogP contribution < -0.4 is 5.32 Å². The van der Waals surface area contributed by atoms with Crippen molar-refractivity contribution in [3.8, 4) is 0 Å². The van der Waals surface area contributed by atoms with Gasteiger partial charge in [-0.15, -0.1) is 0 Å². The van der Waals surface area contributed by atoms with E-state index in [1.54, 1.807) is 6.92 Å². The molecule has 3 N–H and O–H groups in total. The van der Waals surface area contributed by atoms with Gasteiger partial charge in [-0.05, 0) is 26.7 Å². The van der Waals surface area contributed by atoms with Gasteiger partial charge in [-0.1, -0.05) is 0 Å². The highest BCUT2D eigenvalue weighted by atomic mass is 16.3. The van der Waals surface area contributed by atoms with Gasteiger partial charge in [0.05, 0.1) is 6.10 Å². The van der Waals surface area contributed by atoms with Crippen LogP contribution in [0.15, 0.2) is 0 Å². The molecule has 0 spiro atoms. The van der Waals surface area contributed by atoms with Crippen LogP contribution in [0.25, 0.3) is 0 Å². The van der Waals surface area contributed by atoms with Crippen molar-refractivity contribution in [1.29, 1.82) is 0 Å². The smallest absolute Gasteiger partial charge is 0.0662 e. The lowest BCUT2D eigenvalue weighted by molar-refractivity contribution is 0.140. The zero-order chi connectivity index (χ0) is 9.19. The molecule has 0 aromatic rings. The van der Waals surface area contributed by atoms with Gasteiger partial charge in [0.25, 0.3) is 0 Å². The second-order valence-electron chi connectivity index (χ2n) is 4.07. The van der Waals surface area contributed by atoms with Gasteiger partial charge in [0.15, 0.2) is 0 Å². The molecule has 2 unspecified atom stereocenters. The number of rotatable bonds is 5. The van der Waals surface area contributed by atoms with Gasteiger partial charge in [0.2, 0.25) is 0 Å². The first-order valence-electron chi connectivity index (χ1n) is 4.62. The number of nitrogens with one attached hydrogen (secondary N) is 1. The van der Waals surface area contributed by atoms with E-state index in [1.807, 2.05) is 6.92 Å². The van der Waals surface area contributed by atoms with E-state index in [-0.39, 0.29) is 24.2 Å². The third-order valence-corrected chi connectivity index (χ3v) is 2.82. The molecule has 3 nitrogen and oxygen atoms in total. The summed E-state index contributed by atoms with van der Waals surface area (Å²) < 4.78 is 0. The summed E-state index contributed by atoms with van der Waals surface area (Å²) in [6.45, 7) is 4.83. The molecule has 0 aromatic heterocycles. The SMILES string of the molecule is CC(O)C(C)NCC1(CO)CC1. The van der Waals surface area contributed by atoms with Gasteiger partial charge >= 0.3 is 0 Å². The van der Waals surface area contributed by atoms with Crippen LogP contribution in [-0.2, 0) is 0 Å². The van der Waals surface area contributed by atoms with Crippen molar-refractivity contribution in [3.63, 3.8) is 0 Å². The number of aliphatic hydroxyl groups is 2. The van der Waals surface area contributed by atoms with Gasteiger partial charge in [-0.3, -0.25) is 0 Å². The maximum Gasteiger partial charge on any atom is 0.0662 e. The van der Waals surface area contributed by atoms with Crippen LogP contribution in [0.1, 0.15) is 26.7 Å². The summed E-state index contributed by atoms with van der Waals surface area (Å²) in [5.41, 5.74) is 0.142. The van der Waals surface area contributed by atoms with E-state index in [1.165, 1.54) is 0 Å². The van der Waals surface area contributed by atoms with Gasteiger partial charge in [-0.25, -0.2) is 0 Å². The van der Waals surface area contributed by atoms with Crippen LogP contribution in [0.5, 0.6) is 0 Å². The first-order valence-corrected chi connectivity index (χ1v) is 4.62. The fourth-order valence-electron chi connectivity index (χ4n) is 1.12.